The fourth-order valence-corrected chi connectivity index (χ4v) is 5.48. The normalized spacial score (nSPS) is 35.6. The Kier molecular flexibility index (Phi) is 8.35. The van der Waals surface area contributed by atoms with Gasteiger partial charge in [0.1, 0.15) is 18.4 Å². The van der Waals surface area contributed by atoms with E-state index in [0.29, 0.717) is 0 Å². The molecule has 1 aromatic rings. The van der Waals surface area contributed by atoms with Gasteiger partial charge in [0.25, 0.3) is 21.2 Å². The van der Waals surface area contributed by atoms with Crippen LogP contribution in [0.1, 0.15) is 31.6 Å². The molecule has 34 heavy (non-hydrogen) atoms. The molecular weight excluding hydrogens is 506 g/mol. The molecule has 0 bridgehead atoms. The maximum Gasteiger partial charge on any atom is 0.330 e. The highest BCUT2D eigenvalue weighted by molar-refractivity contribution is 7.59. The molecule has 0 saturated carbocycles. The lowest BCUT2D eigenvalue weighted by atomic mass is 10.0. The Hall–Kier alpha value is -1.26. The van der Waals surface area contributed by atoms with E-state index in [1.165, 1.54) is 20.0 Å². The number of aliphatic hydroxyl groups is 3. The molecule has 1 aromatic heterocycles. The molecule has 2 aliphatic rings. The molecule has 0 aromatic carbocycles. The van der Waals surface area contributed by atoms with Gasteiger partial charge in [-0.3, -0.25) is 28.0 Å². The standard InChI is InChI=1S/C16H26N2O14P2/c1-7-5-18(16(23)17-15(7)22)12-3-9(19)11(30-12)6-28-33(24,25)32-34(26,27)31-13-4-10(20)14(21)8(2)29-13/h5,8-14,19-21H,3-4,6H2,1-2H3,(H,24,25)(H,26,27)(H,17,22,23)/p-2/t8-,9+,10-,11-,12-,13-,14+/m1/s1. The van der Waals surface area contributed by atoms with Gasteiger partial charge in [0, 0.05) is 24.6 Å². The van der Waals surface area contributed by atoms with Crippen molar-refractivity contribution in [2.24, 2.45) is 0 Å². The summed E-state index contributed by atoms with van der Waals surface area (Å²) in [4.78, 5) is 49.5. The van der Waals surface area contributed by atoms with Crippen LogP contribution < -0.4 is 21.0 Å². The van der Waals surface area contributed by atoms with Crippen molar-refractivity contribution >= 4 is 15.6 Å². The molecular formula is C16H24N2O14P2-2. The van der Waals surface area contributed by atoms with Crippen molar-refractivity contribution in [1.82, 2.24) is 9.55 Å². The first-order chi connectivity index (χ1) is 15.7. The second-order valence-corrected chi connectivity index (χ2v) is 10.8. The van der Waals surface area contributed by atoms with Crippen molar-refractivity contribution in [3.63, 3.8) is 0 Å². The van der Waals surface area contributed by atoms with Crippen molar-refractivity contribution in [3.8, 4) is 0 Å². The van der Waals surface area contributed by atoms with Gasteiger partial charge in [0.2, 0.25) is 0 Å². The molecule has 18 heteroatoms. The predicted octanol–water partition coefficient (Wildman–Crippen LogP) is -2.66. The average molecular weight is 530 g/mol. The number of phosphoric acid groups is 2. The Labute approximate surface area is 191 Å². The van der Waals surface area contributed by atoms with Crippen LogP contribution in [0.25, 0.3) is 0 Å². The van der Waals surface area contributed by atoms with E-state index in [1.54, 1.807) is 0 Å². The topological polar surface area (TPSA) is 242 Å². The summed E-state index contributed by atoms with van der Waals surface area (Å²) in [5.41, 5.74) is -1.22. The summed E-state index contributed by atoms with van der Waals surface area (Å²) < 4.78 is 48.4. The molecule has 3 rings (SSSR count). The van der Waals surface area contributed by atoms with Gasteiger partial charge in [-0.1, -0.05) is 0 Å². The van der Waals surface area contributed by atoms with Crippen LogP contribution in [-0.2, 0) is 32.0 Å². The van der Waals surface area contributed by atoms with Gasteiger partial charge in [-0.2, -0.15) is 0 Å². The second-order valence-electron chi connectivity index (χ2n) is 7.85. The lowest BCUT2D eigenvalue weighted by Crippen LogP contribution is -2.47. The number of aryl methyl sites for hydroxylation is 1. The minimum Gasteiger partial charge on any atom is -0.756 e. The minimum absolute atomic E-state index is 0.155. The highest BCUT2D eigenvalue weighted by atomic mass is 31.3. The third-order valence-corrected chi connectivity index (χ3v) is 7.74. The first kappa shape index (κ1) is 27.3. The van der Waals surface area contributed by atoms with Gasteiger partial charge >= 0.3 is 5.69 Å². The third-order valence-electron chi connectivity index (χ3n) is 5.18. The monoisotopic (exact) mass is 530 g/mol. The van der Waals surface area contributed by atoms with Crippen molar-refractivity contribution in [2.45, 2.75) is 69.7 Å². The maximum atomic E-state index is 12.0. The number of nitrogens with zero attached hydrogens (tertiary/aromatic N) is 1. The Morgan fingerprint density at radius 2 is 1.82 bits per heavy atom. The number of aliphatic hydroxyl groups excluding tert-OH is 3. The zero-order chi connectivity index (χ0) is 25.4. The van der Waals surface area contributed by atoms with Gasteiger partial charge in [-0.25, -0.2) is 9.11 Å². The number of hydrogen-bond donors (Lipinski definition) is 4. The number of aromatic amines is 1. The van der Waals surface area contributed by atoms with E-state index in [2.05, 4.69) is 18.3 Å². The first-order valence-corrected chi connectivity index (χ1v) is 12.9. The largest absolute Gasteiger partial charge is 0.756 e. The molecule has 16 nitrogen and oxygen atoms in total. The van der Waals surface area contributed by atoms with Gasteiger partial charge in [0.15, 0.2) is 6.29 Å². The summed E-state index contributed by atoms with van der Waals surface area (Å²) in [6, 6.07) is 0. The second kappa shape index (κ2) is 10.4. The van der Waals surface area contributed by atoms with Crippen molar-refractivity contribution in [3.05, 3.63) is 32.6 Å². The Morgan fingerprint density at radius 3 is 2.47 bits per heavy atom. The summed E-state index contributed by atoms with van der Waals surface area (Å²) in [6.07, 6.45) is -8.36. The predicted molar refractivity (Wildman–Crippen MR) is 105 cm³/mol. The van der Waals surface area contributed by atoms with E-state index in [4.69, 9.17) is 9.47 Å². The van der Waals surface area contributed by atoms with Gasteiger partial charge < -0.3 is 39.1 Å². The van der Waals surface area contributed by atoms with E-state index in [-0.39, 0.29) is 12.0 Å². The summed E-state index contributed by atoms with van der Waals surface area (Å²) >= 11 is 0. The smallest absolute Gasteiger partial charge is 0.330 e. The molecule has 0 spiro atoms. The number of aromatic nitrogens is 2. The van der Waals surface area contributed by atoms with Crippen LogP contribution in [0.15, 0.2) is 15.8 Å². The van der Waals surface area contributed by atoms with Crippen LogP contribution in [-0.4, -0.2) is 68.3 Å². The summed E-state index contributed by atoms with van der Waals surface area (Å²) in [5, 5.41) is 29.4. The molecule has 2 unspecified atom stereocenters. The molecule has 0 aliphatic carbocycles. The maximum absolute atomic E-state index is 12.0. The molecule has 194 valence electrons. The van der Waals surface area contributed by atoms with E-state index in [1.807, 2.05) is 0 Å². The van der Waals surface area contributed by atoms with Crippen molar-refractivity contribution < 1.29 is 57.1 Å². The van der Waals surface area contributed by atoms with E-state index in [9.17, 15) is 43.8 Å². The number of hydrogen-bond acceptors (Lipinski definition) is 14. The number of ether oxygens (including phenoxy) is 2. The summed E-state index contributed by atoms with van der Waals surface area (Å²) in [5.74, 6) is 0. The van der Waals surface area contributed by atoms with Crippen LogP contribution in [0.2, 0.25) is 0 Å². The Balaban J connectivity index is 1.56. The quantitative estimate of drug-likeness (QED) is 0.251. The lowest BCUT2D eigenvalue weighted by molar-refractivity contribution is -0.273. The fraction of sp³-hybridized carbons (Fsp3) is 0.750. The van der Waals surface area contributed by atoms with Crippen LogP contribution in [0, 0.1) is 6.92 Å². The Bertz CT molecular complexity index is 1080. The van der Waals surface area contributed by atoms with Crippen molar-refractivity contribution in [2.75, 3.05) is 6.61 Å². The van der Waals surface area contributed by atoms with Crippen LogP contribution in [0.4, 0.5) is 0 Å². The average Bonchev–Trinajstić information content (AvgIpc) is 3.06. The zero-order valence-corrected chi connectivity index (χ0v) is 19.7. The highest BCUT2D eigenvalue weighted by Crippen LogP contribution is 2.57. The van der Waals surface area contributed by atoms with Crippen LogP contribution >= 0.6 is 15.6 Å². The van der Waals surface area contributed by atoms with E-state index >= 15 is 0 Å². The molecule has 2 saturated heterocycles. The number of H-pyrrole nitrogens is 1. The van der Waals surface area contributed by atoms with Gasteiger partial charge in [0.05, 0.1) is 24.9 Å². The molecule has 2 fully saturated rings. The van der Waals surface area contributed by atoms with Gasteiger partial charge in [-0.15, -0.1) is 0 Å². The SMILES string of the molecule is Cc1cn([C@H]2C[C@H](O)[C@@H](COP(=O)([O-])OP(=O)([O-])O[C@@H]3C[C@@H](O)[C@@H](O)[C@@H](C)O3)O2)c(=O)[nH]c1=O. The lowest BCUT2D eigenvalue weighted by Gasteiger charge is -2.38. The molecule has 2 aliphatic heterocycles. The number of rotatable bonds is 8. The van der Waals surface area contributed by atoms with E-state index < -0.39 is 83.0 Å². The van der Waals surface area contributed by atoms with E-state index in [0.717, 1.165) is 4.57 Å². The Morgan fingerprint density at radius 1 is 1.15 bits per heavy atom. The molecule has 4 N–H and O–H groups in total. The number of phosphoric ester groups is 2. The fourth-order valence-electron chi connectivity index (χ4n) is 3.40. The van der Waals surface area contributed by atoms with Crippen LogP contribution in [0.3, 0.4) is 0 Å². The third kappa shape index (κ3) is 6.69. The number of nitrogens with one attached hydrogen (secondary N) is 1. The van der Waals surface area contributed by atoms with Crippen LogP contribution in [0.5, 0.6) is 0 Å². The summed E-state index contributed by atoms with van der Waals surface area (Å²) in [6.45, 7) is 1.92. The zero-order valence-electron chi connectivity index (χ0n) is 17.9. The molecule has 9 atom stereocenters. The first-order valence-electron chi connectivity index (χ1n) is 10.0. The molecule has 0 amide bonds. The highest BCUT2D eigenvalue weighted by Gasteiger charge is 2.39. The van der Waals surface area contributed by atoms with Crippen molar-refractivity contribution in [1.29, 1.82) is 0 Å². The van der Waals surface area contributed by atoms with Gasteiger partial charge in [-0.05, 0) is 13.8 Å². The molecule has 3 heterocycles. The summed E-state index contributed by atoms with van der Waals surface area (Å²) in [7, 11) is -11.1. The minimum atomic E-state index is -5.56. The molecule has 0 radical (unpaired) electrons.